The number of aromatic nitrogens is 5. The molecule has 1 aromatic carbocycles. The first-order chi connectivity index (χ1) is 13.8. The van der Waals surface area contributed by atoms with E-state index in [-0.39, 0.29) is 5.56 Å². The lowest BCUT2D eigenvalue weighted by Gasteiger charge is -2.13. The predicted molar refractivity (Wildman–Crippen MR) is 107 cm³/mol. The zero-order chi connectivity index (χ0) is 18.9. The lowest BCUT2D eigenvalue weighted by molar-refractivity contribution is 0.465. The van der Waals surface area contributed by atoms with Gasteiger partial charge < -0.3 is 0 Å². The molecule has 0 amide bonds. The Bertz CT molecular complexity index is 1110. The van der Waals surface area contributed by atoms with Crippen molar-refractivity contribution in [3.63, 3.8) is 0 Å². The summed E-state index contributed by atoms with van der Waals surface area (Å²) in [6.45, 7) is 0. The first-order valence-corrected chi connectivity index (χ1v) is 9.75. The highest BCUT2D eigenvalue weighted by Gasteiger charge is 2.28. The molecule has 1 saturated carbocycles. The third-order valence-electron chi connectivity index (χ3n) is 5.49. The third kappa shape index (κ3) is 3.01. The number of hydrogen-bond acceptors (Lipinski definition) is 4. The molecule has 1 fully saturated rings. The Balaban J connectivity index is 1.67. The second-order valence-electron chi connectivity index (χ2n) is 7.35. The molecule has 0 spiro atoms. The summed E-state index contributed by atoms with van der Waals surface area (Å²) >= 11 is 0. The van der Waals surface area contributed by atoms with Gasteiger partial charge in [0.1, 0.15) is 5.56 Å². The summed E-state index contributed by atoms with van der Waals surface area (Å²) in [5.74, 6) is 1.17. The molecule has 3 aliphatic rings. The number of aromatic amines is 1. The molecule has 2 aliphatic heterocycles. The Morgan fingerprint density at radius 1 is 1.00 bits per heavy atom. The van der Waals surface area contributed by atoms with Crippen LogP contribution in [0.3, 0.4) is 0 Å². The molecule has 1 aromatic heterocycles. The number of nitrogens with zero attached hydrogens (tertiary/aromatic N) is 4. The number of benzene rings is 1. The lowest BCUT2D eigenvalue weighted by Crippen LogP contribution is -2.17. The van der Waals surface area contributed by atoms with Crippen LogP contribution in [0.15, 0.2) is 59.7 Å². The number of H-pyrrole nitrogens is 1. The van der Waals surface area contributed by atoms with Gasteiger partial charge in [-0.3, -0.25) is 19.6 Å². The van der Waals surface area contributed by atoms with E-state index >= 15 is 0 Å². The van der Waals surface area contributed by atoms with Gasteiger partial charge in [0.2, 0.25) is 0 Å². The molecule has 5 rings (SSSR count). The van der Waals surface area contributed by atoms with Gasteiger partial charge >= 0.3 is 0 Å². The van der Waals surface area contributed by atoms with Crippen LogP contribution in [-0.4, -0.2) is 24.7 Å². The maximum atomic E-state index is 13.0. The van der Waals surface area contributed by atoms with Crippen molar-refractivity contribution in [2.24, 2.45) is 0 Å². The second kappa shape index (κ2) is 7.03. The van der Waals surface area contributed by atoms with Gasteiger partial charge in [0.25, 0.3) is 5.56 Å². The summed E-state index contributed by atoms with van der Waals surface area (Å²) in [4.78, 5) is 26.1. The summed E-state index contributed by atoms with van der Waals surface area (Å²) in [7, 11) is 0. The lowest BCUT2D eigenvalue weighted by atomic mass is 10.1. The highest BCUT2D eigenvalue weighted by molar-refractivity contribution is 5.65. The maximum Gasteiger partial charge on any atom is 0.284 e. The zero-order valence-electron chi connectivity index (χ0n) is 15.5. The van der Waals surface area contributed by atoms with E-state index in [9.17, 15) is 4.79 Å². The fourth-order valence-corrected chi connectivity index (χ4v) is 4.11. The minimum atomic E-state index is -0.226. The number of rotatable bonds is 4. The van der Waals surface area contributed by atoms with E-state index in [4.69, 9.17) is 4.98 Å². The molecule has 0 unspecified atom stereocenters. The van der Waals surface area contributed by atoms with E-state index in [1.165, 1.54) is 12.8 Å². The van der Waals surface area contributed by atoms with E-state index in [1.807, 2.05) is 30.3 Å². The minimum Gasteiger partial charge on any atom is -0.300 e. The van der Waals surface area contributed by atoms with Crippen molar-refractivity contribution in [3.05, 3.63) is 76.5 Å². The SMILES string of the molecule is O=c1nc(-c2ccncc2)nc2n(C3CCCC3)[nH]c(Cc3ccccc3)c1-2. The molecule has 140 valence electrons. The summed E-state index contributed by atoms with van der Waals surface area (Å²) in [6.07, 6.45) is 8.66. The minimum absolute atomic E-state index is 0.226. The quantitative estimate of drug-likeness (QED) is 0.591. The third-order valence-corrected chi connectivity index (χ3v) is 5.49. The Kier molecular flexibility index (Phi) is 4.24. The average Bonchev–Trinajstić information content (AvgIpc) is 3.38. The second-order valence-corrected chi connectivity index (χ2v) is 7.35. The molecule has 6 heteroatoms. The monoisotopic (exact) mass is 371 g/mol. The molecular formula is C22H21N5O. The van der Waals surface area contributed by atoms with Crippen LogP contribution in [0.2, 0.25) is 0 Å². The molecule has 1 aliphatic carbocycles. The molecule has 0 saturated heterocycles. The average molecular weight is 371 g/mol. The molecule has 2 aromatic rings. The molecule has 3 heterocycles. The Morgan fingerprint density at radius 2 is 1.75 bits per heavy atom. The zero-order valence-corrected chi connectivity index (χ0v) is 15.5. The van der Waals surface area contributed by atoms with Gasteiger partial charge in [0, 0.05) is 24.4 Å². The topological polar surface area (TPSA) is 76.5 Å². The Morgan fingerprint density at radius 3 is 2.50 bits per heavy atom. The maximum absolute atomic E-state index is 13.0. The molecule has 0 atom stereocenters. The molecule has 0 radical (unpaired) electrons. The van der Waals surface area contributed by atoms with Gasteiger partial charge in [-0.05, 0) is 30.5 Å². The van der Waals surface area contributed by atoms with Crippen molar-refractivity contribution in [3.8, 4) is 22.8 Å². The summed E-state index contributed by atoms with van der Waals surface area (Å²) < 4.78 is 2.11. The standard InChI is InChI=1S/C22H21N5O/c28-22-19-18(14-15-6-2-1-3-7-15)26-27(17-8-4-5-9-17)21(19)24-20(25-22)16-10-12-23-13-11-16/h1-3,6-7,10-13,17,26H,4-5,8-9,14H2. The number of hydrogen-bond donors (Lipinski definition) is 1. The van der Waals surface area contributed by atoms with Crippen LogP contribution in [0.5, 0.6) is 0 Å². The van der Waals surface area contributed by atoms with Gasteiger partial charge in [-0.1, -0.05) is 43.2 Å². The first-order valence-electron chi connectivity index (χ1n) is 9.75. The largest absolute Gasteiger partial charge is 0.300 e. The van der Waals surface area contributed by atoms with Crippen molar-refractivity contribution in [1.82, 2.24) is 24.7 Å². The summed E-state index contributed by atoms with van der Waals surface area (Å²) in [5.41, 5.74) is 3.23. The Hall–Kier alpha value is -3.28. The van der Waals surface area contributed by atoms with E-state index in [2.05, 4.69) is 31.9 Å². The molecule has 6 nitrogen and oxygen atoms in total. The highest BCUT2D eigenvalue weighted by Crippen LogP contribution is 2.34. The number of nitrogens with one attached hydrogen (secondary N) is 1. The first kappa shape index (κ1) is 16.9. The number of fused-ring (bicyclic) bond motifs is 1. The smallest absolute Gasteiger partial charge is 0.284 e. The van der Waals surface area contributed by atoms with Gasteiger partial charge in [0.15, 0.2) is 11.6 Å². The fourth-order valence-electron chi connectivity index (χ4n) is 4.11. The van der Waals surface area contributed by atoms with E-state index in [1.54, 1.807) is 12.4 Å². The van der Waals surface area contributed by atoms with Crippen molar-refractivity contribution in [2.75, 3.05) is 0 Å². The summed E-state index contributed by atoms with van der Waals surface area (Å²) in [5, 5.41) is 3.50. The van der Waals surface area contributed by atoms with Crippen molar-refractivity contribution in [2.45, 2.75) is 38.1 Å². The molecule has 1 N–H and O–H groups in total. The van der Waals surface area contributed by atoms with Gasteiger partial charge in [-0.25, -0.2) is 4.98 Å². The molecule has 28 heavy (non-hydrogen) atoms. The molecular weight excluding hydrogens is 350 g/mol. The van der Waals surface area contributed by atoms with Crippen LogP contribution < -0.4 is 5.56 Å². The van der Waals surface area contributed by atoms with Crippen molar-refractivity contribution >= 4 is 0 Å². The highest BCUT2D eigenvalue weighted by atomic mass is 16.1. The van der Waals surface area contributed by atoms with Gasteiger partial charge in [-0.15, -0.1) is 0 Å². The van der Waals surface area contributed by atoms with Crippen LogP contribution in [0.25, 0.3) is 22.8 Å². The van der Waals surface area contributed by atoms with Crippen molar-refractivity contribution in [1.29, 1.82) is 0 Å². The van der Waals surface area contributed by atoms with Gasteiger partial charge in [0.05, 0.1) is 11.7 Å². The van der Waals surface area contributed by atoms with Gasteiger partial charge in [-0.2, -0.15) is 4.98 Å². The Labute approximate surface area is 162 Å². The van der Waals surface area contributed by atoms with Crippen LogP contribution in [0.4, 0.5) is 0 Å². The normalized spacial score (nSPS) is 14.7. The van der Waals surface area contributed by atoms with Crippen molar-refractivity contribution < 1.29 is 0 Å². The molecule has 0 bridgehead atoms. The van der Waals surface area contributed by atoms with E-state index in [0.717, 1.165) is 29.7 Å². The summed E-state index contributed by atoms with van der Waals surface area (Å²) in [6, 6.07) is 14.2. The number of pyridine rings is 1. The van der Waals surface area contributed by atoms with Crippen LogP contribution in [-0.2, 0) is 6.42 Å². The van der Waals surface area contributed by atoms with E-state index in [0.29, 0.717) is 29.7 Å². The fraction of sp³-hybridized carbons (Fsp3) is 0.273. The van der Waals surface area contributed by atoms with Crippen LogP contribution >= 0.6 is 0 Å². The van der Waals surface area contributed by atoms with E-state index < -0.39 is 0 Å². The van der Waals surface area contributed by atoms with Crippen LogP contribution in [0.1, 0.15) is 43.0 Å². The predicted octanol–water partition coefficient (Wildman–Crippen LogP) is 3.84. The van der Waals surface area contributed by atoms with Crippen LogP contribution in [0, 0.1) is 0 Å².